The summed E-state index contributed by atoms with van der Waals surface area (Å²) in [7, 11) is 0. The van der Waals surface area contributed by atoms with Crippen molar-refractivity contribution in [2.75, 3.05) is 13.2 Å². The van der Waals surface area contributed by atoms with Crippen molar-refractivity contribution >= 4 is 5.91 Å². The van der Waals surface area contributed by atoms with Gasteiger partial charge >= 0.3 is 6.18 Å². The zero-order valence-corrected chi connectivity index (χ0v) is 11.7. The highest BCUT2D eigenvalue weighted by Gasteiger charge is 2.63. The molecule has 2 heterocycles. The van der Waals surface area contributed by atoms with Gasteiger partial charge < -0.3 is 15.2 Å². The molecule has 0 radical (unpaired) electrons. The van der Waals surface area contributed by atoms with Gasteiger partial charge in [-0.3, -0.25) is 4.79 Å². The number of nitrogens with zero attached hydrogens (tertiary/aromatic N) is 2. The van der Waals surface area contributed by atoms with Crippen LogP contribution in [0, 0.1) is 5.41 Å². The highest BCUT2D eigenvalue weighted by atomic mass is 19.4. The maximum Gasteiger partial charge on any atom is 0.396 e. The van der Waals surface area contributed by atoms with Gasteiger partial charge in [0.25, 0.3) is 5.91 Å². The number of primary amides is 1. The van der Waals surface area contributed by atoms with E-state index in [4.69, 9.17) is 15.2 Å². The molecule has 1 fully saturated rings. The summed E-state index contributed by atoms with van der Waals surface area (Å²) < 4.78 is 50.4. The van der Waals surface area contributed by atoms with Gasteiger partial charge in [-0.2, -0.15) is 18.3 Å². The van der Waals surface area contributed by atoms with Crippen LogP contribution in [0.15, 0.2) is 6.07 Å². The first kappa shape index (κ1) is 15.1. The Morgan fingerprint density at radius 1 is 1.55 bits per heavy atom. The molecule has 1 unspecified atom stereocenters. The van der Waals surface area contributed by atoms with Crippen molar-refractivity contribution < 1.29 is 27.4 Å². The minimum Gasteiger partial charge on any atom is -0.472 e. The number of fused-ring (bicyclic) bond motifs is 1. The van der Waals surface area contributed by atoms with Gasteiger partial charge in [-0.15, -0.1) is 0 Å². The molecule has 0 saturated heterocycles. The number of carbonyl (C=O) groups is 1. The molecule has 2 N–H and O–H groups in total. The Morgan fingerprint density at radius 3 is 2.82 bits per heavy atom. The molecule has 0 bridgehead atoms. The Labute approximate surface area is 124 Å². The molecule has 1 aromatic rings. The molecule has 1 saturated carbocycles. The normalized spacial score (nSPS) is 22.2. The highest BCUT2D eigenvalue weighted by Crippen LogP contribution is 2.57. The molecule has 2 aliphatic rings. The minimum absolute atomic E-state index is 0.130. The molecular weight excluding hydrogens is 303 g/mol. The van der Waals surface area contributed by atoms with E-state index in [1.807, 2.05) is 0 Å². The van der Waals surface area contributed by atoms with Gasteiger partial charge in [-0.25, -0.2) is 4.68 Å². The molecule has 1 aliphatic heterocycles. The zero-order valence-electron chi connectivity index (χ0n) is 11.7. The molecule has 9 heteroatoms. The SMILES string of the molecule is NC(=O)c1cc2n(n1)CC(CCOCC1(C(F)(F)F)CC1)O2. The molecular formula is C13H16F3N3O3. The van der Waals surface area contributed by atoms with Gasteiger partial charge in [0, 0.05) is 12.5 Å². The van der Waals surface area contributed by atoms with E-state index in [-0.39, 0.29) is 37.9 Å². The summed E-state index contributed by atoms with van der Waals surface area (Å²) in [6.07, 6.45) is -3.66. The van der Waals surface area contributed by atoms with E-state index < -0.39 is 17.5 Å². The third-order valence-corrected chi connectivity index (χ3v) is 4.08. The largest absolute Gasteiger partial charge is 0.472 e. The first-order chi connectivity index (χ1) is 10.3. The molecule has 0 aromatic carbocycles. The van der Waals surface area contributed by atoms with Crippen LogP contribution >= 0.6 is 0 Å². The number of amides is 1. The van der Waals surface area contributed by atoms with E-state index in [1.165, 1.54) is 10.7 Å². The summed E-state index contributed by atoms with van der Waals surface area (Å²) in [4.78, 5) is 11.0. The number of hydrogen-bond acceptors (Lipinski definition) is 4. The zero-order chi connectivity index (χ0) is 16.0. The fourth-order valence-electron chi connectivity index (χ4n) is 2.44. The second-order valence-corrected chi connectivity index (χ2v) is 5.77. The summed E-state index contributed by atoms with van der Waals surface area (Å²) >= 11 is 0. The average Bonchev–Trinajstić information content (AvgIpc) is 2.96. The van der Waals surface area contributed by atoms with Gasteiger partial charge in [-0.1, -0.05) is 0 Å². The number of hydrogen-bond donors (Lipinski definition) is 1. The molecule has 1 aromatic heterocycles. The maximum absolute atomic E-state index is 12.7. The van der Waals surface area contributed by atoms with Crippen molar-refractivity contribution in [3.8, 4) is 5.88 Å². The number of nitrogens with two attached hydrogens (primary N) is 1. The van der Waals surface area contributed by atoms with Crippen molar-refractivity contribution in [3.05, 3.63) is 11.8 Å². The van der Waals surface area contributed by atoms with Crippen LogP contribution < -0.4 is 10.5 Å². The number of alkyl halides is 3. The lowest BCUT2D eigenvalue weighted by atomic mass is 10.1. The standard InChI is InChI=1S/C13H16F3N3O3/c14-13(15,16)12(2-3-12)7-21-4-1-8-6-19-10(22-8)5-9(18-19)11(17)20/h5,8H,1-4,6-7H2,(H2,17,20). The van der Waals surface area contributed by atoms with Crippen LogP contribution in [0.4, 0.5) is 13.2 Å². The summed E-state index contributed by atoms with van der Waals surface area (Å²) in [5.41, 5.74) is 3.61. The van der Waals surface area contributed by atoms with Crippen molar-refractivity contribution in [2.24, 2.45) is 11.1 Å². The molecule has 0 spiro atoms. The Morgan fingerprint density at radius 2 is 2.27 bits per heavy atom. The van der Waals surface area contributed by atoms with Crippen LogP contribution in [0.1, 0.15) is 29.8 Å². The minimum atomic E-state index is -4.19. The van der Waals surface area contributed by atoms with Crippen LogP contribution in [0.3, 0.4) is 0 Å². The van der Waals surface area contributed by atoms with E-state index in [0.717, 1.165) is 0 Å². The molecule has 1 aliphatic carbocycles. The predicted octanol–water partition coefficient (Wildman–Crippen LogP) is 1.49. The Kier molecular flexibility index (Phi) is 3.54. The third kappa shape index (κ3) is 2.77. The molecule has 22 heavy (non-hydrogen) atoms. The summed E-state index contributed by atoms with van der Waals surface area (Å²) in [6.45, 7) is 0.325. The summed E-state index contributed by atoms with van der Waals surface area (Å²) in [5, 5.41) is 3.98. The summed E-state index contributed by atoms with van der Waals surface area (Å²) in [5.74, 6) is -0.194. The van der Waals surface area contributed by atoms with Crippen molar-refractivity contribution in [2.45, 2.75) is 38.1 Å². The van der Waals surface area contributed by atoms with Crippen molar-refractivity contribution in [1.82, 2.24) is 9.78 Å². The van der Waals surface area contributed by atoms with Crippen molar-refractivity contribution in [1.29, 1.82) is 0 Å². The van der Waals surface area contributed by atoms with Crippen LogP contribution in [0.2, 0.25) is 0 Å². The lowest BCUT2D eigenvalue weighted by Gasteiger charge is -2.19. The third-order valence-electron chi connectivity index (χ3n) is 4.08. The van der Waals surface area contributed by atoms with Crippen LogP contribution in [0.25, 0.3) is 0 Å². The molecule has 1 amide bonds. The van der Waals surface area contributed by atoms with Crippen molar-refractivity contribution in [3.63, 3.8) is 0 Å². The van der Waals surface area contributed by atoms with Gasteiger partial charge in [0.05, 0.1) is 25.2 Å². The van der Waals surface area contributed by atoms with Gasteiger partial charge in [0.2, 0.25) is 5.88 Å². The highest BCUT2D eigenvalue weighted by molar-refractivity contribution is 5.91. The number of rotatable bonds is 6. The molecule has 6 nitrogen and oxygen atoms in total. The lowest BCUT2D eigenvalue weighted by Crippen LogP contribution is -2.30. The van der Waals surface area contributed by atoms with Crippen LogP contribution in [0.5, 0.6) is 5.88 Å². The quantitative estimate of drug-likeness (QED) is 0.806. The van der Waals surface area contributed by atoms with E-state index >= 15 is 0 Å². The van der Waals surface area contributed by atoms with Gasteiger partial charge in [-0.05, 0) is 12.8 Å². The number of ether oxygens (including phenoxy) is 2. The Hall–Kier alpha value is -1.77. The average molecular weight is 319 g/mol. The first-order valence-corrected chi connectivity index (χ1v) is 6.99. The van der Waals surface area contributed by atoms with Gasteiger partial charge in [0.15, 0.2) is 5.69 Å². The molecule has 3 rings (SSSR count). The van der Waals surface area contributed by atoms with E-state index in [2.05, 4.69) is 5.10 Å². The maximum atomic E-state index is 12.7. The molecule has 1 atom stereocenters. The topological polar surface area (TPSA) is 79.4 Å². The van der Waals surface area contributed by atoms with Gasteiger partial charge in [0.1, 0.15) is 6.10 Å². The Bertz CT molecular complexity index is 557. The number of aromatic nitrogens is 2. The second-order valence-electron chi connectivity index (χ2n) is 5.77. The van der Waals surface area contributed by atoms with E-state index in [9.17, 15) is 18.0 Å². The smallest absolute Gasteiger partial charge is 0.396 e. The fourth-order valence-corrected chi connectivity index (χ4v) is 2.44. The summed E-state index contributed by atoms with van der Waals surface area (Å²) in [6, 6.07) is 1.45. The first-order valence-electron chi connectivity index (χ1n) is 6.99. The second kappa shape index (κ2) is 5.15. The van der Waals surface area contributed by atoms with E-state index in [0.29, 0.717) is 18.8 Å². The predicted molar refractivity (Wildman–Crippen MR) is 68.3 cm³/mol. The molecule has 122 valence electrons. The monoisotopic (exact) mass is 319 g/mol. The lowest BCUT2D eigenvalue weighted by molar-refractivity contribution is -0.201. The van der Waals surface area contributed by atoms with Crippen LogP contribution in [-0.4, -0.2) is 41.2 Å². The number of halogens is 3. The number of carbonyl (C=O) groups excluding carboxylic acids is 1. The fraction of sp³-hybridized carbons (Fsp3) is 0.692. The van der Waals surface area contributed by atoms with Crippen LogP contribution in [-0.2, 0) is 11.3 Å². The van der Waals surface area contributed by atoms with E-state index in [1.54, 1.807) is 0 Å². The Balaban J connectivity index is 1.41.